The van der Waals surface area contributed by atoms with E-state index in [-0.39, 0.29) is 5.92 Å². The number of hydrogen-bond acceptors (Lipinski definition) is 3. The van der Waals surface area contributed by atoms with Gasteiger partial charge in [-0.1, -0.05) is 31.5 Å². The van der Waals surface area contributed by atoms with Crippen LogP contribution in [0.4, 0.5) is 0 Å². The normalized spacial score (nSPS) is 15.7. The molecule has 106 valence electrons. The lowest BCUT2D eigenvalue weighted by Crippen LogP contribution is -2.46. The molecular formula is C15H23NO3. The van der Waals surface area contributed by atoms with Crippen molar-refractivity contribution in [3.63, 3.8) is 0 Å². The van der Waals surface area contributed by atoms with Crippen LogP contribution in [-0.4, -0.2) is 21.7 Å². The molecule has 0 aliphatic carbocycles. The zero-order valence-corrected chi connectivity index (χ0v) is 11.6. The van der Waals surface area contributed by atoms with E-state index >= 15 is 0 Å². The van der Waals surface area contributed by atoms with Crippen LogP contribution in [0.15, 0.2) is 24.3 Å². The number of hydrogen-bond donors (Lipinski definition) is 3. The van der Waals surface area contributed by atoms with E-state index in [4.69, 9.17) is 10.8 Å². The topological polar surface area (TPSA) is 83.5 Å². The summed E-state index contributed by atoms with van der Waals surface area (Å²) in [5.41, 5.74) is 5.50. The van der Waals surface area contributed by atoms with Gasteiger partial charge in [-0.05, 0) is 43.7 Å². The van der Waals surface area contributed by atoms with Crippen LogP contribution >= 0.6 is 0 Å². The van der Waals surface area contributed by atoms with Crippen LogP contribution in [0.5, 0.6) is 5.75 Å². The first-order valence-corrected chi connectivity index (χ1v) is 6.66. The second-order valence-electron chi connectivity index (χ2n) is 5.37. The van der Waals surface area contributed by atoms with Gasteiger partial charge < -0.3 is 15.9 Å². The largest absolute Gasteiger partial charge is 0.508 e. The fourth-order valence-corrected chi connectivity index (χ4v) is 2.22. The van der Waals surface area contributed by atoms with Gasteiger partial charge in [0.25, 0.3) is 0 Å². The molecule has 4 N–H and O–H groups in total. The molecule has 0 amide bonds. The maximum atomic E-state index is 11.0. The standard InChI is InChI=1S/C15H23NO3/c1-3-11(10-15(2,16)14(18)19)8-9-12-6-4-5-7-13(12)17/h4-7,11,17H,3,8-10,16H2,1-2H3,(H,18,19). The molecule has 4 heteroatoms. The van der Waals surface area contributed by atoms with Crippen LogP contribution in [0, 0.1) is 5.92 Å². The molecule has 1 aromatic rings. The highest BCUT2D eigenvalue weighted by Gasteiger charge is 2.30. The summed E-state index contributed by atoms with van der Waals surface area (Å²) >= 11 is 0. The summed E-state index contributed by atoms with van der Waals surface area (Å²) < 4.78 is 0. The van der Waals surface area contributed by atoms with Crippen LogP contribution in [0.3, 0.4) is 0 Å². The molecule has 1 rings (SSSR count). The molecule has 4 nitrogen and oxygen atoms in total. The third kappa shape index (κ3) is 4.56. The van der Waals surface area contributed by atoms with Gasteiger partial charge in [-0.3, -0.25) is 4.79 Å². The first kappa shape index (κ1) is 15.5. The molecule has 0 spiro atoms. The third-order valence-corrected chi connectivity index (χ3v) is 3.59. The number of aromatic hydroxyl groups is 1. The number of carbonyl (C=O) groups is 1. The molecule has 0 saturated heterocycles. The van der Waals surface area contributed by atoms with E-state index in [1.165, 1.54) is 0 Å². The Morgan fingerprint density at radius 2 is 2.05 bits per heavy atom. The Morgan fingerprint density at radius 3 is 2.58 bits per heavy atom. The number of aryl methyl sites for hydroxylation is 1. The van der Waals surface area contributed by atoms with Crippen LogP contribution in [0.25, 0.3) is 0 Å². The van der Waals surface area contributed by atoms with E-state index in [9.17, 15) is 9.90 Å². The summed E-state index contributed by atoms with van der Waals surface area (Å²) in [6.07, 6.45) is 2.90. The van der Waals surface area contributed by atoms with Gasteiger partial charge in [-0.2, -0.15) is 0 Å². The number of benzene rings is 1. The SMILES string of the molecule is CCC(CCc1ccccc1O)CC(C)(N)C(=O)O. The fourth-order valence-electron chi connectivity index (χ4n) is 2.22. The predicted molar refractivity (Wildman–Crippen MR) is 75.1 cm³/mol. The highest BCUT2D eigenvalue weighted by atomic mass is 16.4. The van der Waals surface area contributed by atoms with Crippen LogP contribution in [0.1, 0.15) is 38.7 Å². The monoisotopic (exact) mass is 265 g/mol. The highest BCUT2D eigenvalue weighted by molar-refractivity contribution is 5.77. The molecule has 0 fully saturated rings. The van der Waals surface area contributed by atoms with E-state index in [1.54, 1.807) is 19.1 Å². The number of carboxylic acid groups (broad SMARTS) is 1. The fraction of sp³-hybridized carbons (Fsp3) is 0.533. The van der Waals surface area contributed by atoms with Crippen molar-refractivity contribution in [2.24, 2.45) is 11.7 Å². The van der Waals surface area contributed by atoms with Crippen molar-refractivity contribution in [1.82, 2.24) is 0 Å². The Hall–Kier alpha value is -1.55. The molecule has 0 heterocycles. The summed E-state index contributed by atoms with van der Waals surface area (Å²) in [7, 11) is 0. The number of rotatable bonds is 7. The van der Waals surface area contributed by atoms with Crippen LogP contribution < -0.4 is 5.73 Å². The Labute approximate surface area is 114 Å². The molecule has 0 saturated carbocycles. The lowest BCUT2D eigenvalue weighted by atomic mass is 9.84. The molecule has 1 aromatic carbocycles. The van der Waals surface area contributed by atoms with E-state index in [0.717, 1.165) is 24.8 Å². The molecule has 2 atom stereocenters. The van der Waals surface area contributed by atoms with Crippen LogP contribution in [-0.2, 0) is 11.2 Å². The van der Waals surface area contributed by atoms with E-state index in [1.807, 2.05) is 19.1 Å². The first-order chi connectivity index (χ1) is 8.86. The maximum absolute atomic E-state index is 11.0. The molecule has 2 unspecified atom stereocenters. The minimum absolute atomic E-state index is 0.241. The summed E-state index contributed by atoms with van der Waals surface area (Å²) in [6, 6.07) is 7.24. The molecule has 19 heavy (non-hydrogen) atoms. The van der Waals surface area contributed by atoms with Gasteiger partial charge in [0, 0.05) is 0 Å². The van der Waals surface area contributed by atoms with Crippen molar-refractivity contribution >= 4 is 5.97 Å². The Balaban J connectivity index is 2.59. The lowest BCUT2D eigenvalue weighted by Gasteiger charge is -2.25. The van der Waals surface area contributed by atoms with Gasteiger partial charge in [-0.15, -0.1) is 0 Å². The number of carboxylic acids is 1. The predicted octanol–water partition coefficient (Wildman–Crippen LogP) is 2.54. The van der Waals surface area contributed by atoms with Crippen LogP contribution in [0.2, 0.25) is 0 Å². The zero-order valence-electron chi connectivity index (χ0n) is 11.6. The molecule has 0 aliphatic rings. The average molecular weight is 265 g/mol. The average Bonchev–Trinajstić information content (AvgIpc) is 2.35. The van der Waals surface area contributed by atoms with Crippen molar-refractivity contribution in [3.8, 4) is 5.75 Å². The number of para-hydroxylation sites is 1. The van der Waals surface area contributed by atoms with Gasteiger partial charge in [0.2, 0.25) is 0 Å². The number of nitrogens with two attached hydrogens (primary N) is 1. The van der Waals surface area contributed by atoms with E-state index in [2.05, 4.69) is 0 Å². The second kappa shape index (κ2) is 6.57. The van der Waals surface area contributed by atoms with Gasteiger partial charge in [0.05, 0.1) is 0 Å². The first-order valence-electron chi connectivity index (χ1n) is 6.66. The van der Waals surface area contributed by atoms with Crippen molar-refractivity contribution in [2.45, 2.75) is 45.1 Å². The number of aliphatic carboxylic acids is 1. The van der Waals surface area contributed by atoms with E-state index in [0.29, 0.717) is 12.2 Å². The lowest BCUT2D eigenvalue weighted by molar-refractivity contribution is -0.143. The van der Waals surface area contributed by atoms with Gasteiger partial charge >= 0.3 is 5.97 Å². The minimum atomic E-state index is -1.18. The number of phenolic OH excluding ortho intramolecular Hbond substituents is 1. The Kier molecular flexibility index (Phi) is 5.36. The molecule has 0 radical (unpaired) electrons. The van der Waals surface area contributed by atoms with Gasteiger partial charge in [-0.25, -0.2) is 0 Å². The summed E-state index contributed by atoms with van der Waals surface area (Å²) in [4.78, 5) is 11.0. The van der Waals surface area contributed by atoms with E-state index < -0.39 is 11.5 Å². The summed E-state index contributed by atoms with van der Waals surface area (Å²) in [5.74, 6) is -0.426. The molecule has 0 bridgehead atoms. The molecular weight excluding hydrogens is 242 g/mol. The zero-order chi connectivity index (χ0) is 14.5. The van der Waals surface area contributed by atoms with Gasteiger partial charge in [0.1, 0.15) is 11.3 Å². The van der Waals surface area contributed by atoms with Crippen molar-refractivity contribution in [3.05, 3.63) is 29.8 Å². The van der Waals surface area contributed by atoms with Crippen molar-refractivity contribution in [2.75, 3.05) is 0 Å². The molecule has 0 aromatic heterocycles. The minimum Gasteiger partial charge on any atom is -0.508 e. The second-order valence-corrected chi connectivity index (χ2v) is 5.37. The maximum Gasteiger partial charge on any atom is 0.323 e. The number of phenols is 1. The Bertz CT molecular complexity index is 429. The highest BCUT2D eigenvalue weighted by Crippen LogP contribution is 2.25. The molecule has 0 aliphatic heterocycles. The van der Waals surface area contributed by atoms with Gasteiger partial charge in [0.15, 0.2) is 0 Å². The third-order valence-electron chi connectivity index (χ3n) is 3.59. The quantitative estimate of drug-likeness (QED) is 0.707. The summed E-state index contributed by atoms with van der Waals surface area (Å²) in [6.45, 7) is 3.59. The smallest absolute Gasteiger partial charge is 0.323 e. The van der Waals surface area contributed by atoms with Crippen molar-refractivity contribution in [1.29, 1.82) is 0 Å². The Morgan fingerprint density at radius 1 is 1.42 bits per heavy atom. The summed E-state index contributed by atoms with van der Waals surface area (Å²) in [5, 5.41) is 18.7. The van der Waals surface area contributed by atoms with Crippen molar-refractivity contribution < 1.29 is 15.0 Å².